The maximum atomic E-state index is 10.6. The predicted molar refractivity (Wildman–Crippen MR) is 126 cm³/mol. The maximum Gasteiger partial charge on any atom is 0.118 e. The van der Waals surface area contributed by atoms with Gasteiger partial charge in [-0.25, -0.2) is 0 Å². The monoisotopic (exact) mass is 420 g/mol. The van der Waals surface area contributed by atoms with Crippen LogP contribution in [0.4, 0.5) is 0 Å². The molecular weight excluding hydrogens is 384 g/mol. The average molecular weight is 421 g/mol. The van der Waals surface area contributed by atoms with Gasteiger partial charge in [0.1, 0.15) is 5.75 Å². The fourth-order valence-corrected chi connectivity index (χ4v) is 5.59. The fraction of sp³-hybridized carbons (Fsp3) is 0.500. The van der Waals surface area contributed by atoms with Crippen LogP contribution in [0.2, 0.25) is 0 Å². The minimum atomic E-state index is -0.745. The molecule has 0 radical (unpaired) electrons. The van der Waals surface area contributed by atoms with Crippen molar-refractivity contribution in [2.24, 2.45) is 5.92 Å². The molecule has 4 rings (SSSR count). The Balaban J connectivity index is 1.77. The molecule has 1 aromatic rings. The van der Waals surface area contributed by atoms with Gasteiger partial charge < -0.3 is 15.3 Å². The van der Waals surface area contributed by atoms with Crippen LogP contribution in [-0.2, 0) is 5.41 Å². The van der Waals surface area contributed by atoms with E-state index in [1.54, 1.807) is 0 Å². The zero-order valence-corrected chi connectivity index (χ0v) is 19.3. The molecule has 0 aromatic heterocycles. The van der Waals surface area contributed by atoms with Crippen molar-refractivity contribution in [1.82, 2.24) is 0 Å². The molecule has 0 saturated heterocycles. The Hall–Kier alpha value is -2.10. The maximum absolute atomic E-state index is 10.6. The van der Waals surface area contributed by atoms with Crippen LogP contribution >= 0.6 is 0 Å². The van der Waals surface area contributed by atoms with Gasteiger partial charge in [-0.1, -0.05) is 42.9 Å². The number of hydrogen-bond acceptors (Lipinski definition) is 3. The van der Waals surface area contributed by atoms with Crippen molar-refractivity contribution in [1.29, 1.82) is 0 Å². The van der Waals surface area contributed by atoms with Crippen molar-refractivity contribution >= 4 is 0 Å². The van der Waals surface area contributed by atoms with E-state index < -0.39 is 11.7 Å². The first-order valence-electron chi connectivity index (χ1n) is 11.6. The van der Waals surface area contributed by atoms with Crippen LogP contribution in [-0.4, -0.2) is 27.0 Å². The molecule has 0 heterocycles. The zero-order valence-electron chi connectivity index (χ0n) is 19.3. The summed E-state index contributed by atoms with van der Waals surface area (Å²) in [7, 11) is 0. The lowest BCUT2D eigenvalue weighted by Gasteiger charge is -2.45. The van der Waals surface area contributed by atoms with Crippen LogP contribution in [0.5, 0.6) is 5.75 Å². The van der Waals surface area contributed by atoms with Gasteiger partial charge in [0.2, 0.25) is 0 Å². The molecule has 4 atom stereocenters. The predicted octanol–water partition coefficient (Wildman–Crippen LogP) is 5.79. The average Bonchev–Trinajstić information content (AvgIpc) is 2.74. The van der Waals surface area contributed by atoms with E-state index in [9.17, 15) is 15.3 Å². The number of allylic oxidation sites excluding steroid dienone is 4. The van der Waals surface area contributed by atoms with Gasteiger partial charge in [-0.15, -0.1) is 0 Å². The number of phenols is 1. The molecule has 1 fully saturated rings. The molecule has 3 nitrogen and oxygen atoms in total. The number of phenolic OH excluding ortho intramolecular Hbond substituents is 1. The topological polar surface area (TPSA) is 60.7 Å². The molecule has 3 N–H and O–H groups in total. The standard InChI is InChI=1S/C28H36O3/c1-18-14-23(7-9-25(18)29)28(24-8-10-26(30)19(2)15-24)12-5-6-22(17-28)21-11-13-27(4,31)20(3)16-21/h7-9,11,14-16,22,26,29-31H,5-6,10,12-13,17H2,1-4H3. The first kappa shape index (κ1) is 22.1. The number of rotatable bonds is 3. The molecule has 0 spiro atoms. The van der Waals surface area contributed by atoms with Crippen LogP contribution in [0.1, 0.15) is 70.4 Å². The second-order valence-electron chi connectivity index (χ2n) is 10.2. The lowest BCUT2D eigenvalue weighted by molar-refractivity contribution is 0.0994. The largest absolute Gasteiger partial charge is 0.508 e. The molecule has 166 valence electrons. The smallest absolute Gasteiger partial charge is 0.118 e. The summed E-state index contributed by atoms with van der Waals surface area (Å²) in [5.74, 6) is 0.761. The number of hydrogen-bond donors (Lipinski definition) is 3. The van der Waals surface area contributed by atoms with Crippen molar-refractivity contribution in [2.45, 2.75) is 83.3 Å². The SMILES string of the molecule is CC1=CC(C2(c3ccc(O)c(C)c3)CCCC(C3=CCC(C)(O)C(C)=C3)C2)=CCC1O. The Bertz CT molecular complexity index is 992. The Kier molecular flexibility index (Phi) is 5.78. The van der Waals surface area contributed by atoms with E-state index in [0.717, 1.165) is 42.4 Å². The number of aliphatic hydroxyl groups is 2. The summed E-state index contributed by atoms with van der Waals surface area (Å²) in [6.07, 6.45) is 14.1. The molecule has 1 aromatic carbocycles. The Morgan fingerprint density at radius 2 is 1.84 bits per heavy atom. The van der Waals surface area contributed by atoms with Gasteiger partial charge in [-0.2, -0.15) is 0 Å². The summed E-state index contributed by atoms with van der Waals surface area (Å²) in [4.78, 5) is 0. The molecule has 3 aliphatic carbocycles. The summed E-state index contributed by atoms with van der Waals surface area (Å²) >= 11 is 0. The quantitative estimate of drug-likeness (QED) is 0.580. The summed E-state index contributed by atoms with van der Waals surface area (Å²) < 4.78 is 0. The van der Waals surface area contributed by atoms with Gasteiger partial charge in [0.05, 0.1) is 11.7 Å². The third-order valence-corrected chi connectivity index (χ3v) is 7.96. The van der Waals surface area contributed by atoms with Crippen LogP contribution in [0, 0.1) is 12.8 Å². The van der Waals surface area contributed by atoms with Crippen molar-refractivity contribution in [3.63, 3.8) is 0 Å². The molecule has 1 saturated carbocycles. The third kappa shape index (κ3) is 4.06. The normalized spacial score (nSPS) is 33.9. The van der Waals surface area contributed by atoms with E-state index in [2.05, 4.69) is 36.4 Å². The second-order valence-corrected chi connectivity index (χ2v) is 10.2. The number of benzene rings is 1. The van der Waals surface area contributed by atoms with Gasteiger partial charge >= 0.3 is 0 Å². The highest BCUT2D eigenvalue weighted by Crippen LogP contribution is 2.51. The summed E-state index contributed by atoms with van der Waals surface area (Å²) in [6, 6.07) is 6.06. The highest BCUT2D eigenvalue weighted by atomic mass is 16.3. The van der Waals surface area contributed by atoms with Crippen molar-refractivity contribution < 1.29 is 15.3 Å². The van der Waals surface area contributed by atoms with Crippen LogP contribution in [0.25, 0.3) is 0 Å². The molecule has 3 aliphatic rings. The summed E-state index contributed by atoms with van der Waals surface area (Å²) in [6.45, 7) is 7.90. The molecular formula is C28H36O3. The van der Waals surface area contributed by atoms with E-state index in [-0.39, 0.29) is 5.41 Å². The minimum Gasteiger partial charge on any atom is -0.508 e. The number of aryl methyl sites for hydroxylation is 1. The molecule has 4 unspecified atom stereocenters. The third-order valence-electron chi connectivity index (χ3n) is 7.96. The van der Waals surface area contributed by atoms with Gasteiger partial charge in [0.25, 0.3) is 0 Å². The lowest BCUT2D eigenvalue weighted by Crippen LogP contribution is -2.37. The fourth-order valence-electron chi connectivity index (χ4n) is 5.59. The molecule has 3 heteroatoms. The Labute approximate surface area is 186 Å². The summed E-state index contributed by atoms with van der Waals surface area (Å²) in [5, 5.41) is 31.0. The van der Waals surface area contributed by atoms with E-state index in [4.69, 9.17) is 0 Å². The Morgan fingerprint density at radius 1 is 1.06 bits per heavy atom. The minimum absolute atomic E-state index is 0.134. The second kappa shape index (κ2) is 8.11. The highest BCUT2D eigenvalue weighted by molar-refractivity contribution is 5.50. The van der Waals surface area contributed by atoms with E-state index in [0.29, 0.717) is 24.5 Å². The van der Waals surface area contributed by atoms with E-state index in [1.165, 1.54) is 16.7 Å². The first-order chi connectivity index (χ1) is 14.6. The molecule has 31 heavy (non-hydrogen) atoms. The molecule has 0 amide bonds. The van der Waals surface area contributed by atoms with Crippen molar-refractivity contribution in [3.05, 3.63) is 75.9 Å². The van der Waals surface area contributed by atoms with Gasteiger partial charge in [-0.3, -0.25) is 0 Å². The van der Waals surface area contributed by atoms with E-state index >= 15 is 0 Å². The first-order valence-corrected chi connectivity index (χ1v) is 11.6. The van der Waals surface area contributed by atoms with Crippen molar-refractivity contribution in [2.75, 3.05) is 0 Å². The van der Waals surface area contributed by atoms with Crippen LogP contribution in [0.15, 0.2) is 64.8 Å². The summed E-state index contributed by atoms with van der Waals surface area (Å²) in [5.41, 5.74) is 5.99. The van der Waals surface area contributed by atoms with E-state index in [1.807, 2.05) is 33.8 Å². The highest BCUT2D eigenvalue weighted by Gasteiger charge is 2.42. The van der Waals surface area contributed by atoms with Gasteiger partial charge in [0, 0.05) is 5.41 Å². The number of aromatic hydroxyl groups is 1. The molecule has 0 aliphatic heterocycles. The lowest BCUT2D eigenvalue weighted by atomic mass is 9.59. The van der Waals surface area contributed by atoms with Crippen LogP contribution in [0.3, 0.4) is 0 Å². The zero-order chi connectivity index (χ0) is 22.4. The number of aliphatic hydroxyl groups excluding tert-OH is 1. The van der Waals surface area contributed by atoms with Crippen LogP contribution < -0.4 is 0 Å². The van der Waals surface area contributed by atoms with Crippen molar-refractivity contribution in [3.8, 4) is 5.75 Å². The van der Waals surface area contributed by atoms with Gasteiger partial charge in [0.15, 0.2) is 0 Å². The Morgan fingerprint density at radius 3 is 2.52 bits per heavy atom. The van der Waals surface area contributed by atoms with Gasteiger partial charge in [-0.05, 0) is 105 Å². The molecule has 0 bridgehead atoms.